The third kappa shape index (κ3) is 2.35. The van der Waals surface area contributed by atoms with Gasteiger partial charge in [0.25, 0.3) is 0 Å². The standard InChI is InChI=1S/C17H19N3O/c1-10-15(12-7-8-12)19-20-16(10)18-17(21)14-9-13(14)11-5-3-2-4-6-11/h2-6,12-14H,7-9H2,1H3,(H2,18,19,20,21)/t13-,14+/m1/s1. The van der Waals surface area contributed by atoms with Crippen LogP contribution in [-0.4, -0.2) is 16.1 Å². The Hall–Kier alpha value is -2.10. The summed E-state index contributed by atoms with van der Waals surface area (Å²) >= 11 is 0. The molecule has 21 heavy (non-hydrogen) atoms. The molecule has 108 valence electrons. The quantitative estimate of drug-likeness (QED) is 0.903. The second-order valence-corrected chi connectivity index (χ2v) is 6.23. The lowest BCUT2D eigenvalue weighted by atomic mass is 10.1. The minimum absolute atomic E-state index is 0.0906. The topological polar surface area (TPSA) is 57.8 Å². The summed E-state index contributed by atoms with van der Waals surface area (Å²) in [6.07, 6.45) is 3.40. The van der Waals surface area contributed by atoms with E-state index < -0.39 is 0 Å². The zero-order chi connectivity index (χ0) is 14.4. The summed E-state index contributed by atoms with van der Waals surface area (Å²) in [6.45, 7) is 2.04. The maximum absolute atomic E-state index is 12.3. The van der Waals surface area contributed by atoms with E-state index in [1.54, 1.807) is 0 Å². The number of carbonyl (C=O) groups is 1. The van der Waals surface area contributed by atoms with Crippen LogP contribution in [0.15, 0.2) is 30.3 Å². The van der Waals surface area contributed by atoms with Crippen molar-refractivity contribution in [2.75, 3.05) is 5.32 Å². The van der Waals surface area contributed by atoms with E-state index in [0.29, 0.717) is 17.7 Å². The molecule has 0 saturated heterocycles. The average Bonchev–Trinajstić information content (AvgIpc) is 3.41. The molecule has 0 aliphatic heterocycles. The maximum Gasteiger partial charge on any atom is 0.229 e. The molecule has 0 radical (unpaired) electrons. The van der Waals surface area contributed by atoms with Gasteiger partial charge in [-0.25, -0.2) is 0 Å². The van der Waals surface area contributed by atoms with Crippen molar-refractivity contribution in [1.82, 2.24) is 10.2 Å². The van der Waals surface area contributed by atoms with Crippen LogP contribution in [-0.2, 0) is 4.79 Å². The maximum atomic E-state index is 12.3. The number of H-pyrrole nitrogens is 1. The zero-order valence-corrected chi connectivity index (χ0v) is 12.1. The van der Waals surface area contributed by atoms with E-state index in [4.69, 9.17) is 0 Å². The van der Waals surface area contributed by atoms with Crippen LogP contribution in [0.1, 0.15) is 47.9 Å². The van der Waals surface area contributed by atoms with Crippen molar-refractivity contribution in [1.29, 1.82) is 0 Å². The lowest BCUT2D eigenvalue weighted by Crippen LogP contribution is -2.15. The van der Waals surface area contributed by atoms with Crippen molar-refractivity contribution in [2.45, 2.75) is 38.0 Å². The fraction of sp³-hybridized carbons (Fsp3) is 0.412. The number of rotatable bonds is 4. The second kappa shape index (κ2) is 4.72. The van der Waals surface area contributed by atoms with Gasteiger partial charge in [0, 0.05) is 23.1 Å². The lowest BCUT2D eigenvalue weighted by molar-refractivity contribution is -0.117. The molecule has 4 rings (SSSR count). The van der Waals surface area contributed by atoms with Crippen LogP contribution in [0, 0.1) is 12.8 Å². The molecule has 0 spiro atoms. The number of hydrogen-bond acceptors (Lipinski definition) is 2. The third-order valence-electron chi connectivity index (χ3n) is 4.63. The van der Waals surface area contributed by atoms with E-state index in [1.807, 2.05) is 25.1 Å². The average molecular weight is 281 g/mol. The van der Waals surface area contributed by atoms with Crippen LogP contribution < -0.4 is 5.32 Å². The molecule has 0 unspecified atom stereocenters. The molecule has 2 aromatic rings. The number of benzene rings is 1. The first-order valence-corrected chi connectivity index (χ1v) is 7.64. The Labute approximate surface area is 124 Å². The van der Waals surface area contributed by atoms with Gasteiger partial charge in [-0.1, -0.05) is 30.3 Å². The van der Waals surface area contributed by atoms with Gasteiger partial charge in [0.2, 0.25) is 5.91 Å². The van der Waals surface area contributed by atoms with Crippen molar-refractivity contribution in [3.8, 4) is 0 Å². The first-order chi connectivity index (χ1) is 10.2. The number of anilines is 1. The van der Waals surface area contributed by atoms with Gasteiger partial charge in [0.1, 0.15) is 0 Å². The molecule has 4 heteroatoms. The largest absolute Gasteiger partial charge is 0.309 e. The van der Waals surface area contributed by atoms with E-state index in [-0.39, 0.29) is 11.8 Å². The van der Waals surface area contributed by atoms with Crippen molar-refractivity contribution in [2.24, 2.45) is 5.92 Å². The Morgan fingerprint density at radius 3 is 2.76 bits per heavy atom. The molecular formula is C17H19N3O. The molecule has 2 atom stereocenters. The van der Waals surface area contributed by atoms with Gasteiger partial charge >= 0.3 is 0 Å². The Balaban J connectivity index is 1.43. The molecule has 1 aromatic carbocycles. The molecule has 1 aromatic heterocycles. The van der Waals surface area contributed by atoms with Crippen LogP contribution in [0.5, 0.6) is 0 Å². The summed E-state index contributed by atoms with van der Waals surface area (Å²) in [6, 6.07) is 10.3. The Kier molecular flexibility index (Phi) is 2.84. The molecule has 2 aliphatic carbocycles. The molecule has 4 nitrogen and oxygen atoms in total. The monoisotopic (exact) mass is 281 g/mol. The lowest BCUT2D eigenvalue weighted by Gasteiger charge is -2.03. The SMILES string of the molecule is Cc1c(NC(=O)[C@H]2C[C@@H]2c2ccccc2)n[nH]c1C1CC1. The normalized spacial score (nSPS) is 23.9. The Morgan fingerprint density at radius 1 is 1.29 bits per heavy atom. The van der Waals surface area contributed by atoms with Gasteiger partial charge < -0.3 is 5.32 Å². The summed E-state index contributed by atoms with van der Waals surface area (Å²) in [7, 11) is 0. The van der Waals surface area contributed by atoms with Gasteiger partial charge in [-0.15, -0.1) is 0 Å². The molecule has 2 N–H and O–H groups in total. The van der Waals surface area contributed by atoms with Gasteiger partial charge in [0.15, 0.2) is 5.82 Å². The van der Waals surface area contributed by atoms with Gasteiger partial charge in [-0.2, -0.15) is 5.10 Å². The molecule has 1 heterocycles. The molecule has 2 saturated carbocycles. The minimum Gasteiger partial charge on any atom is -0.309 e. The van der Waals surface area contributed by atoms with E-state index >= 15 is 0 Å². The van der Waals surface area contributed by atoms with Crippen LogP contribution in [0.2, 0.25) is 0 Å². The van der Waals surface area contributed by atoms with Gasteiger partial charge in [0.05, 0.1) is 0 Å². The first kappa shape index (κ1) is 12.6. The minimum atomic E-state index is 0.0906. The summed E-state index contributed by atoms with van der Waals surface area (Å²) in [4.78, 5) is 12.3. The zero-order valence-electron chi connectivity index (χ0n) is 12.1. The fourth-order valence-electron chi connectivity index (χ4n) is 3.07. The van der Waals surface area contributed by atoms with E-state index in [9.17, 15) is 4.79 Å². The fourth-order valence-corrected chi connectivity index (χ4v) is 3.07. The molecule has 1 amide bonds. The predicted molar refractivity (Wildman–Crippen MR) is 81.2 cm³/mol. The van der Waals surface area contributed by atoms with Crippen LogP contribution in [0.4, 0.5) is 5.82 Å². The summed E-state index contributed by atoms with van der Waals surface area (Å²) < 4.78 is 0. The van der Waals surface area contributed by atoms with Crippen LogP contribution >= 0.6 is 0 Å². The van der Waals surface area contributed by atoms with Gasteiger partial charge in [-0.05, 0) is 37.7 Å². The van der Waals surface area contributed by atoms with Crippen molar-refractivity contribution < 1.29 is 4.79 Å². The number of hydrogen-bond donors (Lipinski definition) is 2. The molecule has 2 aliphatic rings. The van der Waals surface area contributed by atoms with Crippen LogP contribution in [0.25, 0.3) is 0 Å². The van der Waals surface area contributed by atoms with Crippen molar-refractivity contribution in [3.05, 3.63) is 47.2 Å². The highest BCUT2D eigenvalue weighted by molar-refractivity contribution is 5.95. The van der Waals surface area contributed by atoms with E-state index in [0.717, 1.165) is 12.0 Å². The van der Waals surface area contributed by atoms with Crippen molar-refractivity contribution >= 4 is 11.7 Å². The predicted octanol–water partition coefficient (Wildman–Crippen LogP) is 3.34. The highest BCUT2D eigenvalue weighted by Gasteiger charge is 2.44. The number of carbonyl (C=O) groups excluding carboxylic acids is 1. The second-order valence-electron chi connectivity index (χ2n) is 6.23. The Morgan fingerprint density at radius 2 is 2.05 bits per heavy atom. The van der Waals surface area contributed by atoms with Gasteiger partial charge in [-0.3, -0.25) is 9.89 Å². The third-order valence-corrected chi connectivity index (χ3v) is 4.63. The number of amides is 1. The molecular weight excluding hydrogens is 262 g/mol. The van der Waals surface area contributed by atoms with Crippen LogP contribution in [0.3, 0.4) is 0 Å². The Bertz CT molecular complexity index is 673. The number of nitrogens with zero attached hydrogens (tertiary/aromatic N) is 1. The highest BCUT2D eigenvalue weighted by Crippen LogP contribution is 2.48. The number of nitrogens with one attached hydrogen (secondary N) is 2. The van der Waals surface area contributed by atoms with E-state index in [1.165, 1.54) is 24.1 Å². The number of aromatic amines is 1. The molecule has 0 bridgehead atoms. The summed E-state index contributed by atoms with van der Waals surface area (Å²) in [5.41, 5.74) is 3.55. The summed E-state index contributed by atoms with van der Waals surface area (Å²) in [5.74, 6) is 1.89. The smallest absolute Gasteiger partial charge is 0.229 e. The summed E-state index contributed by atoms with van der Waals surface area (Å²) in [5, 5.41) is 10.3. The van der Waals surface area contributed by atoms with E-state index in [2.05, 4.69) is 27.6 Å². The number of aromatic nitrogens is 2. The van der Waals surface area contributed by atoms with Crippen molar-refractivity contribution in [3.63, 3.8) is 0 Å². The first-order valence-electron chi connectivity index (χ1n) is 7.64. The highest BCUT2D eigenvalue weighted by atomic mass is 16.2. The molecule has 2 fully saturated rings.